The summed E-state index contributed by atoms with van der Waals surface area (Å²) in [7, 11) is 0. The van der Waals surface area contributed by atoms with Gasteiger partial charge in [-0.2, -0.15) is 0 Å². The van der Waals surface area contributed by atoms with Crippen LogP contribution >= 0.6 is 0 Å². The van der Waals surface area contributed by atoms with Crippen molar-refractivity contribution in [3.05, 3.63) is 77.1 Å². The number of H-pyrrole nitrogens is 1. The van der Waals surface area contributed by atoms with Crippen LogP contribution in [0.25, 0.3) is 22.3 Å². The fourth-order valence-corrected chi connectivity index (χ4v) is 2.29. The summed E-state index contributed by atoms with van der Waals surface area (Å²) in [5, 5.41) is 0.594. The number of benzene rings is 2. The molecule has 1 N–H and O–H groups in total. The second-order valence-corrected chi connectivity index (χ2v) is 4.94. The van der Waals surface area contributed by atoms with Gasteiger partial charge < -0.3 is 9.72 Å². The fourth-order valence-electron chi connectivity index (χ4n) is 2.29. The molecule has 0 saturated heterocycles. The Bertz CT molecular complexity index is 868. The van der Waals surface area contributed by atoms with Crippen molar-refractivity contribution in [3.63, 3.8) is 0 Å². The molecule has 0 aliphatic heterocycles. The maximum Gasteiger partial charge on any atom is 0.259 e. The van der Waals surface area contributed by atoms with Crippen molar-refractivity contribution in [3.8, 4) is 11.4 Å². The molecule has 0 fully saturated rings. The normalized spacial score (nSPS) is 10.7. The van der Waals surface area contributed by atoms with Gasteiger partial charge in [0.05, 0.1) is 24.1 Å². The molecule has 0 atom stereocenters. The third kappa shape index (κ3) is 2.97. The molecule has 110 valence electrons. The minimum absolute atomic E-state index is 0.131. The van der Waals surface area contributed by atoms with Gasteiger partial charge in [-0.3, -0.25) is 4.79 Å². The van der Waals surface area contributed by atoms with E-state index in [4.69, 9.17) is 4.74 Å². The fraction of sp³-hybridized carbons (Fsp3) is 0.111. The average molecular weight is 292 g/mol. The standard InChI is InChI=1S/C18H16N2O2/c1-2-10-22-12-13-6-5-7-14(11-13)17-19-16-9-4-3-8-15(16)18(21)20-17/h2-9,11H,1,10,12H2,(H,19,20,21). The molecule has 3 rings (SSSR count). The highest BCUT2D eigenvalue weighted by molar-refractivity contribution is 5.79. The summed E-state index contributed by atoms with van der Waals surface area (Å²) >= 11 is 0. The van der Waals surface area contributed by atoms with E-state index in [1.165, 1.54) is 0 Å². The molecule has 0 radical (unpaired) electrons. The van der Waals surface area contributed by atoms with E-state index in [0.717, 1.165) is 11.1 Å². The smallest absolute Gasteiger partial charge is 0.259 e. The Kier molecular flexibility index (Phi) is 4.12. The maximum absolute atomic E-state index is 12.1. The minimum atomic E-state index is -0.131. The molecule has 0 bridgehead atoms. The van der Waals surface area contributed by atoms with Gasteiger partial charge in [-0.05, 0) is 23.8 Å². The number of hydrogen-bond acceptors (Lipinski definition) is 3. The highest BCUT2D eigenvalue weighted by Gasteiger charge is 2.06. The quantitative estimate of drug-likeness (QED) is 0.580. The van der Waals surface area contributed by atoms with E-state index in [1.54, 1.807) is 12.1 Å². The van der Waals surface area contributed by atoms with Crippen LogP contribution in [0.15, 0.2) is 66.0 Å². The Morgan fingerprint density at radius 3 is 2.91 bits per heavy atom. The second-order valence-electron chi connectivity index (χ2n) is 4.94. The van der Waals surface area contributed by atoms with Crippen molar-refractivity contribution in [2.24, 2.45) is 0 Å². The zero-order valence-corrected chi connectivity index (χ0v) is 12.1. The van der Waals surface area contributed by atoms with Gasteiger partial charge in [-0.15, -0.1) is 6.58 Å². The predicted octanol–water partition coefficient (Wildman–Crippen LogP) is 3.29. The highest BCUT2D eigenvalue weighted by Crippen LogP contribution is 2.18. The van der Waals surface area contributed by atoms with Crippen LogP contribution in [-0.2, 0) is 11.3 Å². The topological polar surface area (TPSA) is 55.0 Å². The van der Waals surface area contributed by atoms with Gasteiger partial charge in [0.25, 0.3) is 5.56 Å². The molecule has 3 aromatic rings. The third-order valence-corrected chi connectivity index (χ3v) is 3.32. The van der Waals surface area contributed by atoms with Crippen LogP contribution in [0.4, 0.5) is 0 Å². The number of ether oxygens (including phenoxy) is 1. The number of nitrogens with zero attached hydrogens (tertiary/aromatic N) is 1. The van der Waals surface area contributed by atoms with Gasteiger partial charge in [0, 0.05) is 5.56 Å². The lowest BCUT2D eigenvalue weighted by atomic mass is 10.1. The lowest BCUT2D eigenvalue weighted by Gasteiger charge is -2.06. The summed E-state index contributed by atoms with van der Waals surface area (Å²) in [6.45, 7) is 4.63. The molecular weight excluding hydrogens is 276 g/mol. The monoisotopic (exact) mass is 292 g/mol. The molecule has 0 amide bonds. The zero-order chi connectivity index (χ0) is 15.4. The molecule has 0 aliphatic rings. The van der Waals surface area contributed by atoms with Crippen LogP contribution in [0.5, 0.6) is 0 Å². The van der Waals surface area contributed by atoms with Crippen LogP contribution < -0.4 is 5.56 Å². The van der Waals surface area contributed by atoms with E-state index in [0.29, 0.717) is 29.9 Å². The number of rotatable bonds is 5. The second kappa shape index (κ2) is 6.37. The van der Waals surface area contributed by atoms with Gasteiger partial charge in [-0.1, -0.05) is 36.4 Å². The summed E-state index contributed by atoms with van der Waals surface area (Å²) in [5.74, 6) is 0.564. The van der Waals surface area contributed by atoms with Crippen molar-refractivity contribution in [2.45, 2.75) is 6.61 Å². The van der Waals surface area contributed by atoms with E-state index >= 15 is 0 Å². The van der Waals surface area contributed by atoms with E-state index in [1.807, 2.05) is 42.5 Å². The molecule has 0 saturated carbocycles. The SMILES string of the molecule is C=CCOCc1cccc(-c2nc3ccccc3c(=O)[nH]2)c1. The largest absolute Gasteiger partial charge is 0.373 e. The predicted molar refractivity (Wildman–Crippen MR) is 87.7 cm³/mol. The number of aromatic nitrogens is 2. The number of fused-ring (bicyclic) bond motifs is 1. The first-order valence-corrected chi connectivity index (χ1v) is 7.05. The lowest BCUT2D eigenvalue weighted by Crippen LogP contribution is -2.09. The molecule has 1 aromatic heterocycles. The zero-order valence-electron chi connectivity index (χ0n) is 12.1. The highest BCUT2D eigenvalue weighted by atomic mass is 16.5. The molecule has 0 aliphatic carbocycles. The van der Waals surface area contributed by atoms with Crippen molar-refractivity contribution >= 4 is 10.9 Å². The Labute approximate surface area is 128 Å². The van der Waals surface area contributed by atoms with Crippen LogP contribution in [-0.4, -0.2) is 16.6 Å². The minimum Gasteiger partial charge on any atom is -0.373 e. The summed E-state index contributed by atoms with van der Waals surface area (Å²) in [6.07, 6.45) is 1.71. The van der Waals surface area contributed by atoms with E-state index in [-0.39, 0.29) is 5.56 Å². The number of hydrogen-bond donors (Lipinski definition) is 1. The van der Waals surface area contributed by atoms with Gasteiger partial charge in [0.1, 0.15) is 5.82 Å². The summed E-state index contributed by atoms with van der Waals surface area (Å²) < 4.78 is 5.44. The Morgan fingerprint density at radius 1 is 1.18 bits per heavy atom. The molecule has 0 unspecified atom stereocenters. The molecular formula is C18H16N2O2. The van der Waals surface area contributed by atoms with Crippen molar-refractivity contribution < 1.29 is 4.74 Å². The summed E-state index contributed by atoms with van der Waals surface area (Å²) in [6, 6.07) is 15.1. The molecule has 1 heterocycles. The van der Waals surface area contributed by atoms with Crippen molar-refractivity contribution in [1.29, 1.82) is 0 Å². The number of aromatic amines is 1. The van der Waals surface area contributed by atoms with Crippen LogP contribution in [0.3, 0.4) is 0 Å². The molecule has 4 heteroatoms. The number of nitrogens with one attached hydrogen (secondary N) is 1. The lowest BCUT2D eigenvalue weighted by molar-refractivity contribution is 0.149. The summed E-state index contributed by atoms with van der Waals surface area (Å²) in [5.41, 5.74) is 2.45. The number of para-hydroxylation sites is 1. The van der Waals surface area contributed by atoms with Gasteiger partial charge in [0.2, 0.25) is 0 Å². The van der Waals surface area contributed by atoms with Gasteiger partial charge in [0.15, 0.2) is 0 Å². The Balaban J connectivity index is 1.98. The first-order valence-electron chi connectivity index (χ1n) is 7.05. The Morgan fingerprint density at radius 2 is 2.05 bits per heavy atom. The van der Waals surface area contributed by atoms with Crippen molar-refractivity contribution in [2.75, 3.05) is 6.61 Å². The molecule has 4 nitrogen and oxygen atoms in total. The van der Waals surface area contributed by atoms with Crippen LogP contribution in [0.1, 0.15) is 5.56 Å². The first kappa shape index (κ1) is 14.2. The van der Waals surface area contributed by atoms with E-state index in [2.05, 4.69) is 16.5 Å². The van der Waals surface area contributed by atoms with E-state index in [9.17, 15) is 4.79 Å². The summed E-state index contributed by atoms with van der Waals surface area (Å²) in [4.78, 5) is 19.5. The maximum atomic E-state index is 12.1. The van der Waals surface area contributed by atoms with E-state index < -0.39 is 0 Å². The van der Waals surface area contributed by atoms with Crippen molar-refractivity contribution in [1.82, 2.24) is 9.97 Å². The molecule has 0 spiro atoms. The Hall–Kier alpha value is -2.72. The van der Waals surface area contributed by atoms with Gasteiger partial charge >= 0.3 is 0 Å². The third-order valence-electron chi connectivity index (χ3n) is 3.32. The van der Waals surface area contributed by atoms with Gasteiger partial charge in [-0.25, -0.2) is 4.98 Å². The molecule has 2 aromatic carbocycles. The van der Waals surface area contributed by atoms with Crippen LogP contribution in [0, 0.1) is 0 Å². The molecule has 22 heavy (non-hydrogen) atoms. The van der Waals surface area contributed by atoms with Crippen LogP contribution in [0.2, 0.25) is 0 Å². The first-order chi connectivity index (χ1) is 10.8. The average Bonchev–Trinajstić information content (AvgIpc) is 2.55.